The predicted molar refractivity (Wildman–Crippen MR) is 230 cm³/mol. The number of rotatable bonds is 6. The summed E-state index contributed by atoms with van der Waals surface area (Å²) in [6.07, 6.45) is 11.9. The molecule has 8 aromatic rings. The van der Waals surface area contributed by atoms with Crippen LogP contribution in [-0.4, -0.2) is 16.9 Å². The number of thiophene rings is 1. The van der Waals surface area contributed by atoms with Gasteiger partial charge in [-0.3, -0.25) is 10.7 Å². The zero-order valence-corrected chi connectivity index (χ0v) is 31.3. The number of aromatic nitrogens is 1. The summed E-state index contributed by atoms with van der Waals surface area (Å²) in [4.78, 5) is 3.51. The molecule has 2 aliphatic carbocycles. The highest BCUT2D eigenvalue weighted by molar-refractivity contribution is 7.26. The molecule has 1 atom stereocenters. The quantitative estimate of drug-likeness (QED) is 0.118. The molecular formula is C49H41N4S+. The Hall–Kier alpha value is -6.17. The van der Waals surface area contributed by atoms with E-state index in [1.165, 1.54) is 69.8 Å². The highest BCUT2D eigenvalue weighted by Gasteiger charge is 2.38. The van der Waals surface area contributed by atoms with E-state index in [1.54, 1.807) is 0 Å². The average molecular weight is 718 g/mol. The van der Waals surface area contributed by atoms with Gasteiger partial charge in [-0.15, -0.1) is 11.3 Å². The number of nitrogen functional groups attached to an aromatic ring is 1. The van der Waals surface area contributed by atoms with Crippen molar-refractivity contribution in [2.45, 2.75) is 31.7 Å². The predicted octanol–water partition coefficient (Wildman–Crippen LogP) is 9.98. The van der Waals surface area contributed by atoms with Gasteiger partial charge in [0.25, 0.3) is 5.84 Å². The van der Waals surface area contributed by atoms with Crippen molar-refractivity contribution in [3.8, 4) is 22.3 Å². The van der Waals surface area contributed by atoms with Gasteiger partial charge in [-0.1, -0.05) is 129 Å². The van der Waals surface area contributed by atoms with Crippen molar-refractivity contribution in [2.75, 3.05) is 6.54 Å². The molecule has 0 aliphatic heterocycles. The molecule has 4 nitrogen and oxygen atoms in total. The zero-order valence-electron chi connectivity index (χ0n) is 30.4. The van der Waals surface area contributed by atoms with Gasteiger partial charge in [-0.2, -0.15) is 0 Å². The summed E-state index contributed by atoms with van der Waals surface area (Å²) < 4.78 is 5.25. The van der Waals surface area contributed by atoms with Crippen LogP contribution >= 0.6 is 11.3 Å². The Labute approximate surface area is 319 Å². The molecule has 1 unspecified atom stereocenters. The molecule has 2 heterocycles. The molecule has 0 spiro atoms. The van der Waals surface area contributed by atoms with Gasteiger partial charge in [0, 0.05) is 47.6 Å². The fraction of sp³-hybridized carbons (Fsp3) is 0.122. The van der Waals surface area contributed by atoms with E-state index < -0.39 is 0 Å². The summed E-state index contributed by atoms with van der Waals surface area (Å²) in [5, 5.41) is 5.29. The summed E-state index contributed by atoms with van der Waals surface area (Å²) in [6, 6.07) is 44.3. The molecule has 0 bridgehead atoms. The van der Waals surface area contributed by atoms with Crippen LogP contribution in [-0.2, 0) is 5.41 Å². The third-order valence-corrected chi connectivity index (χ3v) is 12.8. The van der Waals surface area contributed by atoms with Crippen LogP contribution in [0.5, 0.6) is 0 Å². The van der Waals surface area contributed by atoms with Gasteiger partial charge in [0.1, 0.15) is 6.54 Å². The second-order valence-electron chi connectivity index (χ2n) is 15.1. The van der Waals surface area contributed by atoms with Gasteiger partial charge in [0.05, 0.1) is 22.6 Å². The summed E-state index contributed by atoms with van der Waals surface area (Å²) >= 11 is 1.90. The second kappa shape index (κ2) is 12.5. The van der Waals surface area contributed by atoms with Crippen molar-refractivity contribution in [1.29, 1.82) is 0 Å². The van der Waals surface area contributed by atoms with Crippen LogP contribution in [0.15, 0.2) is 152 Å². The van der Waals surface area contributed by atoms with E-state index in [0.717, 1.165) is 28.8 Å². The largest absolute Gasteiger partial charge is 0.398 e. The molecular weight excluding hydrogens is 677 g/mol. The van der Waals surface area contributed by atoms with E-state index in [0.29, 0.717) is 12.4 Å². The van der Waals surface area contributed by atoms with E-state index >= 15 is 0 Å². The molecule has 0 radical (unpaired) electrons. The van der Waals surface area contributed by atoms with Gasteiger partial charge in [0.2, 0.25) is 0 Å². The number of fused-ring (bicyclic) bond motifs is 10. The van der Waals surface area contributed by atoms with Gasteiger partial charge in [-0.25, -0.2) is 0 Å². The van der Waals surface area contributed by atoms with Crippen molar-refractivity contribution in [1.82, 2.24) is 4.57 Å². The Morgan fingerprint density at radius 3 is 2.43 bits per heavy atom. The van der Waals surface area contributed by atoms with Crippen LogP contribution in [0, 0.1) is 0 Å². The highest BCUT2D eigenvalue weighted by atomic mass is 32.1. The minimum absolute atomic E-state index is 0.195. The maximum absolute atomic E-state index is 7.05. The highest BCUT2D eigenvalue weighted by Crippen LogP contribution is 2.51. The Bertz CT molecular complexity index is 2930. The molecule has 5 N–H and O–H groups in total. The molecule has 0 amide bonds. The van der Waals surface area contributed by atoms with Crippen molar-refractivity contribution >= 4 is 64.8 Å². The van der Waals surface area contributed by atoms with E-state index in [-0.39, 0.29) is 11.5 Å². The van der Waals surface area contributed by atoms with Crippen LogP contribution < -0.4 is 16.5 Å². The Kier molecular flexibility index (Phi) is 7.50. The summed E-state index contributed by atoms with van der Waals surface area (Å²) in [5.41, 5.74) is 25.9. The Balaban J connectivity index is 1.17. The van der Waals surface area contributed by atoms with Crippen LogP contribution in [0.25, 0.3) is 69.9 Å². The molecule has 0 fully saturated rings. The number of amidine groups is 1. The third-order valence-electron chi connectivity index (χ3n) is 11.6. The molecule has 2 aliphatic rings. The molecule has 0 saturated heterocycles. The minimum atomic E-state index is -0.195. The first-order valence-corrected chi connectivity index (χ1v) is 19.6. The summed E-state index contributed by atoms with van der Waals surface area (Å²) in [7, 11) is 0. The van der Waals surface area contributed by atoms with Crippen molar-refractivity contribution in [2.24, 2.45) is 11.5 Å². The topological polar surface area (TPSA) is 70.9 Å². The molecule has 0 saturated carbocycles. The van der Waals surface area contributed by atoms with Crippen molar-refractivity contribution < 1.29 is 4.99 Å². The number of nitrogens with zero attached hydrogens (tertiary/aromatic N) is 1. The number of nitrogens with one attached hydrogen (secondary N) is 1. The first-order valence-electron chi connectivity index (χ1n) is 18.8. The lowest BCUT2D eigenvalue weighted by Gasteiger charge is -2.22. The first kappa shape index (κ1) is 32.5. The van der Waals surface area contributed by atoms with Crippen LogP contribution in [0.2, 0.25) is 0 Å². The maximum Gasteiger partial charge on any atom is 0.273 e. The number of hydrogen-bond donors (Lipinski definition) is 3. The maximum atomic E-state index is 7.05. The van der Waals surface area contributed by atoms with E-state index in [2.05, 4.69) is 139 Å². The van der Waals surface area contributed by atoms with Gasteiger partial charge >= 0.3 is 0 Å². The number of hydrogen-bond acceptors (Lipinski definition) is 2. The SMILES string of the molecule is CC1(C)c2ccccc2-c2c(C(N)=[NH+]C/C=C(\N)c3ccccc3)cc(-c3ccc4c5c6sc7ccccc7c6ccc5n(C5C=CC=CC5)c4c3)cc21. The zero-order chi connectivity index (χ0) is 36.6. The second-order valence-corrected chi connectivity index (χ2v) is 16.1. The third kappa shape index (κ3) is 4.99. The van der Waals surface area contributed by atoms with Crippen LogP contribution in [0.1, 0.15) is 48.6 Å². The Morgan fingerprint density at radius 1 is 0.778 bits per heavy atom. The Morgan fingerprint density at radius 2 is 1.57 bits per heavy atom. The lowest BCUT2D eigenvalue weighted by Crippen LogP contribution is -2.75. The average Bonchev–Trinajstić information content (AvgIpc) is 3.83. The van der Waals surface area contributed by atoms with E-state index in [4.69, 9.17) is 11.5 Å². The van der Waals surface area contributed by atoms with Crippen LogP contribution in [0.4, 0.5) is 0 Å². The van der Waals surface area contributed by atoms with Gasteiger partial charge in [0.15, 0.2) is 0 Å². The van der Waals surface area contributed by atoms with E-state index in [9.17, 15) is 0 Å². The minimum Gasteiger partial charge on any atom is -0.398 e. The smallest absolute Gasteiger partial charge is 0.273 e. The number of benzene rings is 6. The van der Waals surface area contributed by atoms with E-state index in [1.807, 2.05) is 47.7 Å². The fourth-order valence-electron chi connectivity index (χ4n) is 8.92. The van der Waals surface area contributed by atoms with Crippen molar-refractivity contribution in [3.63, 3.8) is 0 Å². The molecule has 5 heteroatoms. The molecule has 6 aromatic carbocycles. The monoisotopic (exact) mass is 717 g/mol. The lowest BCUT2D eigenvalue weighted by molar-refractivity contribution is -0.444. The van der Waals surface area contributed by atoms with Crippen molar-refractivity contribution in [3.05, 3.63) is 174 Å². The van der Waals surface area contributed by atoms with Crippen LogP contribution in [0.3, 0.4) is 0 Å². The molecule has 54 heavy (non-hydrogen) atoms. The first-order chi connectivity index (χ1) is 26.4. The molecule has 10 rings (SSSR count). The van der Waals surface area contributed by atoms with Gasteiger partial charge < -0.3 is 10.3 Å². The number of allylic oxidation sites excluding steroid dienone is 4. The van der Waals surface area contributed by atoms with Gasteiger partial charge in [-0.05, 0) is 76.2 Å². The summed E-state index contributed by atoms with van der Waals surface area (Å²) in [6.45, 7) is 5.18. The molecule has 2 aromatic heterocycles. The molecule has 262 valence electrons. The summed E-state index contributed by atoms with van der Waals surface area (Å²) in [5.74, 6) is 0.638. The standard InChI is InChI=1S/C49H40N4S/c1-49(2)39-19-11-9-18-36(39)45-38(48(51)52-26-25-41(50)30-13-5-3-6-14-30)27-32(28-40(45)49)31-21-22-37-43(29-31)53(33-15-7-4-8-16-33)42-24-23-35-34-17-10-12-20-44(34)54-47(35)46(37)42/h3-15,17-25,27-29,33H,16,26,50H2,1-2H3,(H2,51,52)/p+1/b41-25-. The number of nitrogens with two attached hydrogens (primary N) is 2. The fourth-order valence-corrected chi connectivity index (χ4v) is 10.2. The normalized spacial score (nSPS) is 16.5. The lowest BCUT2D eigenvalue weighted by atomic mass is 9.81.